The third kappa shape index (κ3) is 3.47. The Bertz CT molecular complexity index is 587. The van der Waals surface area contributed by atoms with Crippen LogP contribution in [0.15, 0.2) is 41.3 Å². The van der Waals surface area contributed by atoms with Gasteiger partial charge in [0.1, 0.15) is 5.82 Å². The molecule has 0 radical (unpaired) electrons. The summed E-state index contributed by atoms with van der Waals surface area (Å²) in [5.41, 5.74) is 0.0330. The number of alkyl halides is 3. The summed E-state index contributed by atoms with van der Waals surface area (Å²) in [6, 6.07) is 4.18. The fourth-order valence-electron chi connectivity index (χ4n) is 1.71. The minimum Gasteiger partial charge on any atom is -0.363 e. The summed E-state index contributed by atoms with van der Waals surface area (Å²) in [7, 11) is 0. The maximum Gasteiger partial charge on any atom is 0.419 e. The molecule has 0 spiro atoms. The number of nitrogens with one attached hydrogen (secondary N) is 1. The van der Waals surface area contributed by atoms with Crippen LogP contribution in [0.2, 0.25) is 0 Å². The van der Waals surface area contributed by atoms with Crippen LogP contribution in [0.5, 0.6) is 0 Å². The van der Waals surface area contributed by atoms with Crippen LogP contribution in [-0.4, -0.2) is 9.97 Å². The minimum absolute atomic E-state index is 0.190. The van der Waals surface area contributed by atoms with Crippen LogP contribution in [0, 0.1) is 0 Å². The Balaban J connectivity index is 2.30. The highest BCUT2D eigenvalue weighted by atomic mass is 79.9. The summed E-state index contributed by atoms with van der Waals surface area (Å²) >= 11 is 3.00. The van der Waals surface area contributed by atoms with E-state index in [1.54, 1.807) is 31.5 Å². The molecule has 0 saturated carbocycles. The highest BCUT2D eigenvalue weighted by Gasteiger charge is 2.35. The SMILES string of the molecule is CC(Nc1ncc(Br)cc1C(F)(F)F)c1ccncc1. The van der Waals surface area contributed by atoms with Crippen LogP contribution in [0.1, 0.15) is 24.1 Å². The number of nitrogens with zero attached hydrogens (tertiary/aromatic N) is 2. The molecule has 3 nitrogen and oxygen atoms in total. The van der Waals surface area contributed by atoms with E-state index in [2.05, 4.69) is 31.2 Å². The molecular weight excluding hydrogens is 335 g/mol. The number of hydrogen-bond donors (Lipinski definition) is 1. The molecule has 2 rings (SSSR count). The van der Waals surface area contributed by atoms with Gasteiger partial charge in [-0.05, 0) is 46.6 Å². The minimum atomic E-state index is -4.46. The largest absolute Gasteiger partial charge is 0.419 e. The Labute approximate surface area is 122 Å². The summed E-state index contributed by atoms with van der Waals surface area (Å²) in [6.45, 7) is 1.76. The number of hydrogen-bond acceptors (Lipinski definition) is 3. The Morgan fingerprint density at radius 1 is 1.25 bits per heavy atom. The third-order valence-corrected chi connectivity index (χ3v) is 3.15. The van der Waals surface area contributed by atoms with Crippen molar-refractivity contribution in [3.8, 4) is 0 Å². The molecule has 0 bridgehead atoms. The molecule has 2 heterocycles. The molecule has 0 aliphatic rings. The van der Waals surface area contributed by atoms with Gasteiger partial charge in [0.2, 0.25) is 0 Å². The summed E-state index contributed by atoms with van der Waals surface area (Å²) < 4.78 is 39.2. The molecule has 0 fully saturated rings. The van der Waals surface area contributed by atoms with E-state index in [0.717, 1.165) is 11.6 Å². The van der Waals surface area contributed by atoms with Crippen molar-refractivity contribution in [1.29, 1.82) is 0 Å². The Morgan fingerprint density at radius 2 is 1.90 bits per heavy atom. The summed E-state index contributed by atoms with van der Waals surface area (Å²) in [6.07, 6.45) is 0.0499. The van der Waals surface area contributed by atoms with E-state index in [0.29, 0.717) is 0 Å². The lowest BCUT2D eigenvalue weighted by molar-refractivity contribution is -0.137. The molecule has 2 aromatic heterocycles. The first-order valence-corrected chi connectivity index (χ1v) is 6.56. The maximum absolute atomic E-state index is 13.0. The van der Waals surface area contributed by atoms with Gasteiger partial charge in [-0.25, -0.2) is 4.98 Å². The van der Waals surface area contributed by atoms with E-state index in [4.69, 9.17) is 0 Å². The van der Waals surface area contributed by atoms with Crippen LogP contribution in [-0.2, 0) is 6.18 Å². The van der Waals surface area contributed by atoms with Crippen molar-refractivity contribution in [2.75, 3.05) is 5.32 Å². The highest BCUT2D eigenvalue weighted by Crippen LogP contribution is 2.36. The van der Waals surface area contributed by atoms with E-state index in [9.17, 15) is 13.2 Å². The van der Waals surface area contributed by atoms with Crippen molar-refractivity contribution < 1.29 is 13.2 Å². The summed E-state index contributed by atoms with van der Waals surface area (Å²) in [5, 5.41) is 2.78. The lowest BCUT2D eigenvalue weighted by atomic mass is 10.1. The van der Waals surface area contributed by atoms with Crippen LogP contribution in [0.3, 0.4) is 0 Å². The first-order valence-electron chi connectivity index (χ1n) is 5.77. The molecule has 0 saturated heterocycles. The van der Waals surface area contributed by atoms with E-state index < -0.39 is 11.7 Å². The van der Waals surface area contributed by atoms with Gasteiger partial charge in [-0.15, -0.1) is 0 Å². The molecule has 0 aliphatic carbocycles. The van der Waals surface area contributed by atoms with Gasteiger partial charge in [-0.3, -0.25) is 4.98 Å². The van der Waals surface area contributed by atoms with Crippen LogP contribution >= 0.6 is 15.9 Å². The molecule has 0 aromatic carbocycles. The predicted octanol–water partition coefficient (Wildman–Crippen LogP) is 4.43. The molecule has 7 heteroatoms. The van der Waals surface area contributed by atoms with E-state index in [1.165, 1.54) is 6.20 Å². The molecule has 0 amide bonds. The zero-order chi connectivity index (χ0) is 14.8. The Kier molecular flexibility index (Phi) is 4.27. The maximum atomic E-state index is 13.0. The lowest BCUT2D eigenvalue weighted by Crippen LogP contribution is -2.15. The highest BCUT2D eigenvalue weighted by molar-refractivity contribution is 9.10. The van der Waals surface area contributed by atoms with Gasteiger partial charge in [-0.2, -0.15) is 13.2 Å². The molecule has 2 aromatic rings. The number of halogens is 4. The number of aromatic nitrogens is 2. The molecule has 0 aliphatic heterocycles. The predicted molar refractivity (Wildman–Crippen MR) is 73.2 cm³/mol. The summed E-state index contributed by atoms with van der Waals surface area (Å²) in [5.74, 6) is -0.190. The fraction of sp³-hybridized carbons (Fsp3) is 0.231. The molecule has 20 heavy (non-hydrogen) atoms. The van der Waals surface area contributed by atoms with E-state index >= 15 is 0 Å². The number of pyridine rings is 2. The van der Waals surface area contributed by atoms with E-state index in [-0.39, 0.29) is 16.3 Å². The first-order chi connectivity index (χ1) is 9.38. The average Bonchev–Trinajstić information content (AvgIpc) is 2.40. The van der Waals surface area contributed by atoms with Crippen molar-refractivity contribution in [3.63, 3.8) is 0 Å². The lowest BCUT2D eigenvalue weighted by Gasteiger charge is -2.18. The van der Waals surface area contributed by atoms with Gasteiger partial charge >= 0.3 is 6.18 Å². The zero-order valence-electron chi connectivity index (χ0n) is 10.4. The van der Waals surface area contributed by atoms with Crippen molar-refractivity contribution in [2.24, 2.45) is 0 Å². The van der Waals surface area contributed by atoms with Crippen molar-refractivity contribution >= 4 is 21.7 Å². The van der Waals surface area contributed by atoms with Crippen LogP contribution < -0.4 is 5.32 Å². The van der Waals surface area contributed by atoms with Crippen LogP contribution in [0.25, 0.3) is 0 Å². The molecular formula is C13H11BrF3N3. The second-order valence-corrected chi connectivity index (χ2v) is 5.11. The molecule has 1 atom stereocenters. The first kappa shape index (κ1) is 14.8. The van der Waals surface area contributed by atoms with Crippen molar-refractivity contribution in [2.45, 2.75) is 19.1 Å². The molecule has 106 valence electrons. The normalized spacial score (nSPS) is 13.1. The van der Waals surface area contributed by atoms with Gasteiger partial charge in [0, 0.05) is 23.1 Å². The quantitative estimate of drug-likeness (QED) is 0.893. The average molecular weight is 346 g/mol. The second-order valence-electron chi connectivity index (χ2n) is 4.19. The van der Waals surface area contributed by atoms with Crippen molar-refractivity contribution in [1.82, 2.24) is 9.97 Å². The smallest absolute Gasteiger partial charge is 0.363 e. The monoisotopic (exact) mass is 345 g/mol. The topological polar surface area (TPSA) is 37.8 Å². The Hall–Kier alpha value is -1.63. The zero-order valence-corrected chi connectivity index (χ0v) is 12.0. The van der Waals surface area contributed by atoms with Gasteiger partial charge in [0.05, 0.1) is 11.6 Å². The van der Waals surface area contributed by atoms with Gasteiger partial charge in [-0.1, -0.05) is 0 Å². The summed E-state index contributed by atoms with van der Waals surface area (Å²) in [4.78, 5) is 7.69. The number of anilines is 1. The van der Waals surface area contributed by atoms with Gasteiger partial charge in [0.25, 0.3) is 0 Å². The van der Waals surface area contributed by atoms with Crippen molar-refractivity contribution in [3.05, 3.63) is 52.4 Å². The van der Waals surface area contributed by atoms with E-state index in [1.807, 2.05) is 0 Å². The third-order valence-electron chi connectivity index (χ3n) is 2.72. The Morgan fingerprint density at radius 3 is 2.50 bits per heavy atom. The standard InChI is InChI=1S/C13H11BrF3N3/c1-8(9-2-4-18-5-3-9)20-12-11(13(15,16)17)6-10(14)7-19-12/h2-8H,1H3,(H,19,20). The van der Waals surface area contributed by atoms with Crippen LogP contribution in [0.4, 0.5) is 19.0 Å². The molecule has 1 unspecified atom stereocenters. The van der Waals surface area contributed by atoms with Gasteiger partial charge in [0.15, 0.2) is 0 Å². The number of rotatable bonds is 3. The fourth-order valence-corrected chi connectivity index (χ4v) is 2.04. The molecule has 1 N–H and O–H groups in total. The second kappa shape index (κ2) is 5.78. The van der Waals surface area contributed by atoms with Gasteiger partial charge < -0.3 is 5.32 Å².